The van der Waals surface area contributed by atoms with Crippen LogP contribution in [0.25, 0.3) is 0 Å². The third-order valence-corrected chi connectivity index (χ3v) is 5.72. The number of carbonyl (C=O) groups is 1. The lowest BCUT2D eigenvalue weighted by molar-refractivity contribution is -0.146. The van der Waals surface area contributed by atoms with E-state index in [1.54, 1.807) is 10.9 Å². The number of hydrogen-bond donors (Lipinski definition) is 1. The zero-order valence-electron chi connectivity index (χ0n) is 13.9. The van der Waals surface area contributed by atoms with Crippen molar-refractivity contribution in [3.05, 3.63) is 17.5 Å². The number of amides is 1. The maximum Gasteiger partial charge on any atom is 0.254 e. The van der Waals surface area contributed by atoms with Gasteiger partial charge >= 0.3 is 0 Å². The van der Waals surface area contributed by atoms with Crippen molar-refractivity contribution in [2.24, 2.45) is 12.5 Å². The molecular formula is C17H27N3O2. The summed E-state index contributed by atoms with van der Waals surface area (Å²) in [5, 5.41) is 7.43. The summed E-state index contributed by atoms with van der Waals surface area (Å²) >= 11 is 0. The molecule has 0 bridgehead atoms. The number of carbonyl (C=O) groups excluding carboxylic acids is 1. The minimum absolute atomic E-state index is 0.00972. The maximum atomic E-state index is 12.6. The van der Waals surface area contributed by atoms with E-state index in [9.17, 15) is 4.79 Å². The van der Waals surface area contributed by atoms with Gasteiger partial charge in [0, 0.05) is 30.8 Å². The first-order chi connectivity index (χ1) is 10.6. The summed E-state index contributed by atoms with van der Waals surface area (Å²) in [6, 6.07) is 0.247. The van der Waals surface area contributed by atoms with E-state index in [2.05, 4.69) is 17.3 Å². The molecule has 2 aliphatic rings. The molecule has 5 heteroatoms. The van der Waals surface area contributed by atoms with Crippen molar-refractivity contribution in [3.8, 4) is 0 Å². The van der Waals surface area contributed by atoms with Gasteiger partial charge in [-0.2, -0.15) is 5.10 Å². The highest BCUT2D eigenvalue weighted by Gasteiger charge is 2.56. The Bertz CT molecular complexity index is 546. The van der Waals surface area contributed by atoms with Crippen LogP contribution in [-0.2, 0) is 11.8 Å². The predicted octanol–water partition coefficient (Wildman–Crippen LogP) is 2.59. The second kappa shape index (κ2) is 6.03. The average molecular weight is 305 g/mol. The molecule has 3 rings (SSSR count). The summed E-state index contributed by atoms with van der Waals surface area (Å²) in [4.78, 5) is 12.6. The van der Waals surface area contributed by atoms with E-state index in [0.717, 1.165) is 18.7 Å². The Hall–Kier alpha value is -1.36. The van der Waals surface area contributed by atoms with Crippen molar-refractivity contribution in [3.63, 3.8) is 0 Å². The lowest BCUT2D eigenvalue weighted by Gasteiger charge is -2.57. The van der Waals surface area contributed by atoms with Gasteiger partial charge in [0.15, 0.2) is 0 Å². The van der Waals surface area contributed by atoms with Gasteiger partial charge in [-0.05, 0) is 33.1 Å². The fourth-order valence-electron chi connectivity index (χ4n) is 4.22. The zero-order chi connectivity index (χ0) is 15.7. The Balaban J connectivity index is 1.72. The number of aromatic nitrogens is 2. The molecule has 2 unspecified atom stereocenters. The summed E-state index contributed by atoms with van der Waals surface area (Å²) < 4.78 is 7.69. The zero-order valence-corrected chi connectivity index (χ0v) is 13.9. The topological polar surface area (TPSA) is 56.1 Å². The molecule has 1 N–H and O–H groups in total. The van der Waals surface area contributed by atoms with Gasteiger partial charge in [-0.3, -0.25) is 9.48 Å². The number of rotatable bonds is 4. The highest BCUT2D eigenvalue weighted by Crippen LogP contribution is 2.53. The number of nitrogens with one attached hydrogen (secondary N) is 1. The van der Waals surface area contributed by atoms with Crippen LogP contribution >= 0.6 is 0 Å². The SMILES string of the molecule is CCOC1CC(NC(=O)c2cnn(C)c2C)C12CCCCC2. The second-order valence-corrected chi connectivity index (χ2v) is 6.77. The van der Waals surface area contributed by atoms with Gasteiger partial charge in [0.1, 0.15) is 0 Å². The summed E-state index contributed by atoms with van der Waals surface area (Å²) in [5.41, 5.74) is 1.77. The van der Waals surface area contributed by atoms with Gasteiger partial charge in [0.2, 0.25) is 0 Å². The van der Waals surface area contributed by atoms with Crippen LogP contribution < -0.4 is 5.32 Å². The minimum atomic E-state index is 0.00972. The van der Waals surface area contributed by atoms with Gasteiger partial charge in [-0.25, -0.2) is 0 Å². The summed E-state index contributed by atoms with van der Waals surface area (Å²) in [7, 11) is 1.86. The van der Waals surface area contributed by atoms with Crippen LogP contribution in [0.2, 0.25) is 0 Å². The van der Waals surface area contributed by atoms with Gasteiger partial charge < -0.3 is 10.1 Å². The Kier molecular flexibility index (Phi) is 4.26. The van der Waals surface area contributed by atoms with Crippen LogP contribution in [0, 0.1) is 12.3 Å². The molecule has 2 fully saturated rings. The van der Waals surface area contributed by atoms with Crippen LogP contribution in [0.4, 0.5) is 0 Å². The van der Waals surface area contributed by atoms with Gasteiger partial charge in [0.25, 0.3) is 5.91 Å². The molecule has 122 valence electrons. The maximum absolute atomic E-state index is 12.6. The van der Waals surface area contributed by atoms with E-state index in [1.165, 1.54) is 32.1 Å². The molecule has 1 spiro atoms. The van der Waals surface area contributed by atoms with E-state index in [1.807, 2.05) is 14.0 Å². The Labute approximate surface area is 132 Å². The van der Waals surface area contributed by atoms with E-state index in [0.29, 0.717) is 11.7 Å². The molecule has 1 amide bonds. The Morgan fingerprint density at radius 2 is 2.18 bits per heavy atom. The lowest BCUT2D eigenvalue weighted by Crippen LogP contribution is -2.65. The molecule has 2 atom stereocenters. The van der Waals surface area contributed by atoms with E-state index < -0.39 is 0 Å². The van der Waals surface area contributed by atoms with E-state index in [-0.39, 0.29) is 17.4 Å². The molecule has 1 aromatic rings. The fourth-order valence-corrected chi connectivity index (χ4v) is 4.22. The molecule has 0 saturated heterocycles. The van der Waals surface area contributed by atoms with Gasteiger partial charge in [-0.15, -0.1) is 0 Å². The van der Waals surface area contributed by atoms with Crippen molar-refractivity contribution in [2.45, 2.75) is 64.5 Å². The molecule has 0 aliphatic heterocycles. The average Bonchev–Trinajstić information content (AvgIpc) is 2.87. The van der Waals surface area contributed by atoms with Crippen molar-refractivity contribution in [2.75, 3.05) is 6.61 Å². The predicted molar refractivity (Wildman–Crippen MR) is 84.7 cm³/mol. The Morgan fingerprint density at radius 3 is 2.77 bits per heavy atom. The lowest BCUT2D eigenvalue weighted by atomic mass is 9.55. The summed E-state index contributed by atoms with van der Waals surface area (Å²) in [6.45, 7) is 4.75. The van der Waals surface area contributed by atoms with Crippen LogP contribution in [0.5, 0.6) is 0 Å². The highest BCUT2D eigenvalue weighted by molar-refractivity contribution is 5.95. The number of nitrogens with zero attached hydrogens (tertiary/aromatic N) is 2. The van der Waals surface area contributed by atoms with E-state index in [4.69, 9.17) is 4.74 Å². The molecular weight excluding hydrogens is 278 g/mol. The first-order valence-corrected chi connectivity index (χ1v) is 8.49. The molecule has 0 radical (unpaired) electrons. The quantitative estimate of drug-likeness (QED) is 0.930. The largest absolute Gasteiger partial charge is 0.378 e. The normalized spacial score (nSPS) is 26.7. The third-order valence-electron chi connectivity index (χ3n) is 5.72. The highest BCUT2D eigenvalue weighted by atomic mass is 16.5. The van der Waals surface area contributed by atoms with Crippen LogP contribution in [0.1, 0.15) is 61.5 Å². The first-order valence-electron chi connectivity index (χ1n) is 8.49. The van der Waals surface area contributed by atoms with Gasteiger partial charge in [-0.1, -0.05) is 19.3 Å². The van der Waals surface area contributed by atoms with E-state index >= 15 is 0 Å². The fraction of sp³-hybridized carbons (Fsp3) is 0.765. The standard InChI is InChI=1S/C17H27N3O2/c1-4-22-15-10-14(17(15)8-6-5-7-9-17)19-16(21)13-11-18-20(3)12(13)2/h11,14-15H,4-10H2,1-3H3,(H,19,21). The van der Waals surface area contributed by atoms with Crippen molar-refractivity contribution in [1.29, 1.82) is 0 Å². The molecule has 2 saturated carbocycles. The number of hydrogen-bond acceptors (Lipinski definition) is 3. The van der Waals surface area contributed by atoms with Crippen molar-refractivity contribution >= 4 is 5.91 Å². The van der Waals surface area contributed by atoms with Crippen LogP contribution in [0.15, 0.2) is 6.20 Å². The molecule has 2 aliphatic carbocycles. The minimum Gasteiger partial charge on any atom is -0.378 e. The number of ether oxygens (including phenoxy) is 1. The molecule has 1 aromatic heterocycles. The van der Waals surface area contributed by atoms with Gasteiger partial charge in [0.05, 0.1) is 17.9 Å². The van der Waals surface area contributed by atoms with Crippen molar-refractivity contribution < 1.29 is 9.53 Å². The summed E-state index contributed by atoms with van der Waals surface area (Å²) in [6.07, 6.45) is 9.09. The number of aryl methyl sites for hydroxylation is 1. The van der Waals surface area contributed by atoms with Crippen LogP contribution in [0.3, 0.4) is 0 Å². The third kappa shape index (κ3) is 2.45. The second-order valence-electron chi connectivity index (χ2n) is 6.77. The first kappa shape index (κ1) is 15.5. The molecule has 1 heterocycles. The molecule has 5 nitrogen and oxygen atoms in total. The summed E-state index contributed by atoms with van der Waals surface area (Å²) in [5.74, 6) is 0.00972. The molecule has 0 aromatic carbocycles. The molecule has 22 heavy (non-hydrogen) atoms. The Morgan fingerprint density at radius 1 is 1.45 bits per heavy atom. The monoisotopic (exact) mass is 305 g/mol. The smallest absolute Gasteiger partial charge is 0.254 e. The van der Waals surface area contributed by atoms with Crippen molar-refractivity contribution in [1.82, 2.24) is 15.1 Å². The van der Waals surface area contributed by atoms with Crippen LogP contribution in [-0.4, -0.2) is 34.4 Å².